The summed E-state index contributed by atoms with van der Waals surface area (Å²) in [4.78, 5) is 24.2. The molecule has 19 heavy (non-hydrogen) atoms. The smallest absolute Gasteiger partial charge is 0.329 e. The molecule has 0 radical (unpaired) electrons. The number of ether oxygens (including phenoxy) is 1. The monoisotopic (exact) mass is 287 g/mol. The lowest BCUT2D eigenvalue weighted by atomic mass is 10.0. The molecular formula is C14H25NO3S. The summed E-state index contributed by atoms with van der Waals surface area (Å²) < 4.78 is 5.37. The van der Waals surface area contributed by atoms with E-state index in [0.717, 1.165) is 17.9 Å². The lowest BCUT2D eigenvalue weighted by Crippen LogP contribution is -2.49. The molecule has 1 amide bonds. The largest absolute Gasteiger partial charge is 0.458 e. The van der Waals surface area contributed by atoms with Crippen LogP contribution in [0.1, 0.15) is 41.0 Å². The second kappa shape index (κ2) is 6.64. The minimum Gasteiger partial charge on any atom is -0.458 e. The zero-order valence-electron chi connectivity index (χ0n) is 12.5. The average molecular weight is 287 g/mol. The molecule has 0 aromatic heterocycles. The Morgan fingerprint density at radius 3 is 2.37 bits per heavy atom. The molecule has 1 aliphatic rings. The lowest BCUT2D eigenvalue weighted by Gasteiger charge is -2.27. The van der Waals surface area contributed by atoms with Gasteiger partial charge in [0.2, 0.25) is 5.91 Å². The molecule has 5 heteroatoms. The first-order valence-electron chi connectivity index (χ1n) is 6.81. The number of rotatable bonds is 4. The van der Waals surface area contributed by atoms with Gasteiger partial charge in [-0.3, -0.25) is 4.79 Å². The van der Waals surface area contributed by atoms with Crippen LogP contribution in [0.15, 0.2) is 0 Å². The number of carbonyl (C=O) groups excluding carboxylic acids is 2. The minimum absolute atomic E-state index is 0.0189. The molecule has 1 rings (SSSR count). The molecule has 0 bridgehead atoms. The van der Waals surface area contributed by atoms with Gasteiger partial charge in [0.05, 0.1) is 0 Å². The average Bonchev–Trinajstić information content (AvgIpc) is 2.75. The van der Waals surface area contributed by atoms with Crippen molar-refractivity contribution >= 4 is 23.6 Å². The summed E-state index contributed by atoms with van der Waals surface area (Å²) in [6.07, 6.45) is 0.898. The van der Waals surface area contributed by atoms with Crippen molar-refractivity contribution in [1.29, 1.82) is 0 Å². The van der Waals surface area contributed by atoms with Crippen molar-refractivity contribution in [3.63, 3.8) is 0 Å². The van der Waals surface area contributed by atoms with E-state index in [1.165, 1.54) is 0 Å². The Bertz CT molecular complexity index is 330. The van der Waals surface area contributed by atoms with Gasteiger partial charge in [-0.25, -0.2) is 4.79 Å². The summed E-state index contributed by atoms with van der Waals surface area (Å²) in [5, 5.41) is 2.85. The SMILES string of the molecule is CC(C)[C@H](NC(=O)C1CCSC1)C(=O)OC(C)(C)C. The van der Waals surface area contributed by atoms with Crippen molar-refractivity contribution in [2.75, 3.05) is 11.5 Å². The van der Waals surface area contributed by atoms with Crippen LogP contribution < -0.4 is 5.32 Å². The highest BCUT2D eigenvalue weighted by Gasteiger charge is 2.32. The number of carbonyl (C=O) groups is 2. The molecule has 1 unspecified atom stereocenters. The van der Waals surface area contributed by atoms with Crippen LogP contribution >= 0.6 is 11.8 Å². The second-order valence-corrected chi connectivity index (χ2v) is 7.47. The van der Waals surface area contributed by atoms with Gasteiger partial charge in [-0.05, 0) is 38.9 Å². The summed E-state index contributed by atoms with van der Waals surface area (Å²) in [5.41, 5.74) is -0.530. The van der Waals surface area contributed by atoms with E-state index in [9.17, 15) is 9.59 Å². The van der Waals surface area contributed by atoms with Crippen molar-refractivity contribution < 1.29 is 14.3 Å². The van der Waals surface area contributed by atoms with Gasteiger partial charge in [0, 0.05) is 11.7 Å². The van der Waals surface area contributed by atoms with E-state index in [1.807, 2.05) is 34.6 Å². The van der Waals surface area contributed by atoms with Crippen molar-refractivity contribution in [2.45, 2.75) is 52.7 Å². The van der Waals surface area contributed by atoms with Crippen LogP contribution in [0.2, 0.25) is 0 Å². The topological polar surface area (TPSA) is 55.4 Å². The molecule has 0 aromatic rings. The Kier molecular flexibility index (Phi) is 5.71. The van der Waals surface area contributed by atoms with Gasteiger partial charge in [-0.2, -0.15) is 11.8 Å². The highest BCUT2D eigenvalue weighted by Crippen LogP contribution is 2.24. The molecule has 4 nitrogen and oxygen atoms in total. The number of esters is 1. The Morgan fingerprint density at radius 2 is 1.95 bits per heavy atom. The fourth-order valence-corrected chi connectivity index (χ4v) is 3.10. The fraction of sp³-hybridized carbons (Fsp3) is 0.857. The molecular weight excluding hydrogens is 262 g/mol. The third kappa shape index (κ3) is 5.43. The molecule has 1 aliphatic heterocycles. The number of thioether (sulfide) groups is 1. The number of amides is 1. The summed E-state index contributed by atoms with van der Waals surface area (Å²) in [6, 6.07) is -0.558. The van der Waals surface area contributed by atoms with Gasteiger partial charge in [-0.15, -0.1) is 0 Å². The first kappa shape index (κ1) is 16.3. The van der Waals surface area contributed by atoms with Crippen LogP contribution in [-0.2, 0) is 14.3 Å². The number of nitrogens with one attached hydrogen (secondary N) is 1. The van der Waals surface area contributed by atoms with Crippen LogP contribution in [0.5, 0.6) is 0 Å². The van der Waals surface area contributed by atoms with E-state index < -0.39 is 11.6 Å². The van der Waals surface area contributed by atoms with Crippen LogP contribution in [0.25, 0.3) is 0 Å². The van der Waals surface area contributed by atoms with Gasteiger partial charge in [0.25, 0.3) is 0 Å². The molecule has 0 saturated carbocycles. The predicted molar refractivity (Wildman–Crippen MR) is 78.0 cm³/mol. The quantitative estimate of drug-likeness (QED) is 0.806. The van der Waals surface area contributed by atoms with Crippen molar-refractivity contribution in [3.05, 3.63) is 0 Å². The van der Waals surface area contributed by atoms with Gasteiger partial charge in [0.1, 0.15) is 11.6 Å². The van der Waals surface area contributed by atoms with E-state index in [-0.39, 0.29) is 23.7 Å². The Morgan fingerprint density at radius 1 is 1.32 bits per heavy atom. The van der Waals surface area contributed by atoms with Gasteiger partial charge >= 0.3 is 5.97 Å². The maximum atomic E-state index is 12.1. The summed E-state index contributed by atoms with van der Waals surface area (Å²) >= 11 is 1.79. The maximum Gasteiger partial charge on any atom is 0.329 e. The van der Waals surface area contributed by atoms with Gasteiger partial charge in [0.15, 0.2) is 0 Å². The molecule has 0 aromatic carbocycles. The molecule has 110 valence electrons. The zero-order valence-corrected chi connectivity index (χ0v) is 13.3. The van der Waals surface area contributed by atoms with Crippen molar-refractivity contribution in [2.24, 2.45) is 11.8 Å². The number of hydrogen-bond donors (Lipinski definition) is 1. The molecule has 0 spiro atoms. The first-order chi connectivity index (χ1) is 8.70. The van der Waals surface area contributed by atoms with E-state index in [2.05, 4.69) is 5.32 Å². The molecule has 1 heterocycles. The normalized spacial score (nSPS) is 21.3. The Balaban J connectivity index is 2.62. The molecule has 2 atom stereocenters. The van der Waals surface area contributed by atoms with Crippen LogP contribution in [0.4, 0.5) is 0 Å². The number of hydrogen-bond acceptors (Lipinski definition) is 4. The maximum absolute atomic E-state index is 12.1. The molecule has 0 aliphatic carbocycles. The molecule has 1 saturated heterocycles. The summed E-state index contributed by atoms with van der Waals surface area (Å²) in [6.45, 7) is 9.32. The van der Waals surface area contributed by atoms with Crippen LogP contribution in [0, 0.1) is 11.8 Å². The van der Waals surface area contributed by atoms with E-state index in [4.69, 9.17) is 4.74 Å². The predicted octanol–water partition coefficient (Wildman–Crippen LogP) is 2.22. The molecule has 1 N–H and O–H groups in total. The fourth-order valence-electron chi connectivity index (χ4n) is 1.88. The highest BCUT2D eigenvalue weighted by molar-refractivity contribution is 7.99. The zero-order chi connectivity index (χ0) is 14.6. The highest BCUT2D eigenvalue weighted by atomic mass is 32.2. The van der Waals surface area contributed by atoms with Crippen LogP contribution in [0.3, 0.4) is 0 Å². The Hall–Kier alpha value is -0.710. The van der Waals surface area contributed by atoms with E-state index in [1.54, 1.807) is 11.8 Å². The second-order valence-electron chi connectivity index (χ2n) is 6.32. The standard InChI is InChI=1S/C14H25NO3S/c1-9(2)11(13(17)18-14(3,4)5)15-12(16)10-6-7-19-8-10/h9-11H,6-8H2,1-5H3,(H,15,16)/t10?,11-/m0/s1. The third-order valence-corrected chi connectivity index (χ3v) is 4.09. The van der Waals surface area contributed by atoms with Crippen molar-refractivity contribution in [3.8, 4) is 0 Å². The Labute approximate surface area is 120 Å². The molecule has 1 fully saturated rings. The third-order valence-electron chi connectivity index (χ3n) is 2.93. The van der Waals surface area contributed by atoms with Gasteiger partial charge in [-0.1, -0.05) is 13.8 Å². The van der Waals surface area contributed by atoms with E-state index in [0.29, 0.717) is 0 Å². The first-order valence-corrected chi connectivity index (χ1v) is 7.97. The van der Waals surface area contributed by atoms with Crippen molar-refractivity contribution in [1.82, 2.24) is 5.32 Å². The minimum atomic E-state index is -0.558. The lowest BCUT2D eigenvalue weighted by molar-refractivity contribution is -0.160. The van der Waals surface area contributed by atoms with Crippen LogP contribution in [-0.4, -0.2) is 35.0 Å². The van der Waals surface area contributed by atoms with E-state index >= 15 is 0 Å². The van der Waals surface area contributed by atoms with Gasteiger partial charge < -0.3 is 10.1 Å². The summed E-state index contributed by atoms with van der Waals surface area (Å²) in [7, 11) is 0. The summed E-state index contributed by atoms with van der Waals surface area (Å²) in [5.74, 6) is 1.57.